The number of hydrogen-bond acceptors (Lipinski definition) is 7. The molecule has 0 radical (unpaired) electrons. The number of carbonyl (C=O) groups is 1. The van der Waals surface area contributed by atoms with Gasteiger partial charge in [0.15, 0.2) is 0 Å². The van der Waals surface area contributed by atoms with Crippen molar-refractivity contribution < 1.29 is 13.2 Å². The van der Waals surface area contributed by atoms with E-state index in [0.29, 0.717) is 5.02 Å². The molecule has 2 rings (SSSR count). The highest BCUT2D eigenvalue weighted by molar-refractivity contribution is 7.94. The SMILES string of the molecule is CC(=O)Nc1nnc(S(=O)(=O)Nc2cc(Cl)ccc2N)s1. The van der Waals surface area contributed by atoms with Gasteiger partial charge in [0.1, 0.15) is 0 Å². The second-order valence-corrected chi connectivity index (χ2v) is 7.16. The summed E-state index contributed by atoms with van der Waals surface area (Å²) in [6.07, 6.45) is 0. The fraction of sp³-hybridized carbons (Fsp3) is 0.100. The number of aromatic nitrogens is 2. The van der Waals surface area contributed by atoms with Crippen LogP contribution in [0, 0.1) is 0 Å². The highest BCUT2D eigenvalue weighted by Crippen LogP contribution is 2.27. The molecule has 0 fully saturated rings. The molecule has 11 heteroatoms. The lowest BCUT2D eigenvalue weighted by Crippen LogP contribution is -2.14. The molecule has 1 aromatic carbocycles. The van der Waals surface area contributed by atoms with E-state index in [9.17, 15) is 13.2 Å². The first-order valence-corrected chi connectivity index (χ1v) is 8.14. The lowest BCUT2D eigenvalue weighted by molar-refractivity contribution is -0.114. The maximum absolute atomic E-state index is 12.1. The lowest BCUT2D eigenvalue weighted by atomic mass is 10.3. The Labute approximate surface area is 129 Å². The first kappa shape index (κ1) is 15.5. The van der Waals surface area contributed by atoms with E-state index in [1.165, 1.54) is 25.1 Å². The first-order valence-electron chi connectivity index (χ1n) is 5.47. The standard InChI is InChI=1S/C10H10ClN5O3S2/c1-5(17)13-9-14-15-10(20-9)21(18,19)16-8-4-6(11)2-3-7(8)12/h2-4,16H,12H2,1H3,(H,13,14,17). The molecule has 0 unspecified atom stereocenters. The summed E-state index contributed by atoms with van der Waals surface area (Å²) < 4.78 is 26.3. The molecule has 0 spiro atoms. The van der Waals surface area contributed by atoms with Crippen LogP contribution in [0.1, 0.15) is 6.92 Å². The molecule has 1 heterocycles. The van der Waals surface area contributed by atoms with Gasteiger partial charge in [-0.1, -0.05) is 22.9 Å². The van der Waals surface area contributed by atoms with E-state index >= 15 is 0 Å². The quantitative estimate of drug-likeness (QED) is 0.568. The van der Waals surface area contributed by atoms with Crippen molar-refractivity contribution in [3.63, 3.8) is 0 Å². The van der Waals surface area contributed by atoms with E-state index in [4.69, 9.17) is 17.3 Å². The van der Waals surface area contributed by atoms with Gasteiger partial charge in [-0.25, -0.2) is 0 Å². The molecule has 0 aliphatic heterocycles. The normalized spacial score (nSPS) is 11.1. The summed E-state index contributed by atoms with van der Waals surface area (Å²) in [4.78, 5) is 10.9. The van der Waals surface area contributed by atoms with Crippen molar-refractivity contribution in [2.45, 2.75) is 11.3 Å². The number of nitrogens with one attached hydrogen (secondary N) is 2. The Hall–Kier alpha value is -1.91. The molecule has 0 bridgehead atoms. The minimum absolute atomic E-state index is 0.0851. The van der Waals surface area contributed by atoms with E-state index in [1.807, 2.05) is 0 Å². The largest absolute Gasteiger partial charge is 0.397 e. The number of benzene rings is 1. The van der Waals surface area contributed by atoms with E-state index in [2.05, 4.69) is 20.2 Å². The summed E-state index contributed by atoms with van der Waals surface area (Å²) in [6, 6.07) is 4.39. The Kier molecular flexibility index (Phi) is 4.30. The van der Waals surface area contributed by atoms with Gasteiger partial charge in [0.25, 0.3) is 14.4 Å². The lowest BCUT2D eigenvalue weighted by Gasteiger charge is -2.08. The number of hydrogen-bond donors (Lipinski definition) is 3. The van der Waals surface area contributed by atoms with Crippen molar-refractivity contribution in [1.29, 1.82) is 0 Å². The Morgan fingerprint density at radius 3 is 2.76 bits per heavy atom. The molecule has 8 nitrogen and oxygen atoms in total. The Bertz CT molecular complexity index is 790. The van der Waals surface area contributed by atoms with Gasteiger partial charge < -0.3 is 11.1 Å². The minimum atomic E-state index is -3.96. The second kappa shape index (κ2) is 5.84. The summed E-state index contributed by atoms with van der Waals surface area (Å²) in [7, 11) is -3.96. The number of nitrogen functional groups attached to an aromatic ring is 1. The van der Waals surface area contributed by atoms with Gasteiger partial charge in [-0.05, 0) is 18.2 Å². The Balaban J connectivity index is 2.28. The molecule has 0 saturated carbocycles. The summed E-state index contributed by atoms with van der Waals surface area (Å²) in [6.45, 7) is 1.28. The van der Waals surface area contributed by atoms with Crippen LogP contribution in [-0.2, 0) is 14.8 Å². The summed E-state index contributed by atoms with van der Waals surface area (Å²) >= 11 is 6.51. The van der Waals surface area contributed by atoms with Crippen LogP contribution in [0.5, 0.6) is 0 Å². The van der Waals surface area contributed by atoms with Gasteiger partial charge in [0, 0.05) is 11.9 Å². The topological polar surface area (TPSA) is 127 Å². The number of carbonyl (C=O) groups excluding carboxylic acids is 1. The van der Waals surface area contributed by atoms with Gasteiger partial charge in [-0.2, -0.15) is 8.42 Å². The summed E-state index contributed by atoms with van der Waals surface area (Å²) in [5.74, 6) is -0.373. The molecule has 2 aromatic rings. The first-order chi connectivity index (χ1) is 9.78. The molecular weight excluding hydrogens is 338 g/mol. The average Bonchev–Trinajstić information content (AvgIpc) is 2.82. The molecule has 0 saturated heterocycles. The third kappa shape index (κ3) is 3.80. The molecule has 1 amide bonds. The minimum Gasteiger partial charge on any atom is -0.397 e. The number of rotatable bonds is 4. The number of halogens is 1. The van der Waals surface area contributed by atoms with Crippen LogP contribution in [0.3, 0.4) is 0 Å². The number of anilines is 3. The fourth-order valence-electron chi connectivity index (χ4n) is 1.32. The van der Waals surface area contributed by atoms with Crippen molar-refractivity contribution >= 4 is 55.4 Å². The van der Waals surface area contributed by atoms with Gasteiger partial charge >= 0.3 is 0 Å². The second-order valence-electron chi connectivity index (χ2n) is 3.89. The van der Waals surface area contributed by atoms with Gasteiger partial charge in [-0.3, -0.25) is 9.52 Å². The molecule has 0 aliphatic rings. The molecular formula is C10H10ClN5O3S2. The third-order valence-corrected chi connectivity index (χ3v) is 4.99. The summed E-state index contributed by atoms with van der Waals surface area (Å²) in [5, 5.41) is 9.85. The number of nitrogens with two attached hydrogens (primary N) is 1. The van der Waals surface area contributed by atoms with E-state index in [-0.39, 0.29) is 26.8 Å². The zero-order chi connectivity index (χ0) is 15.6. The van der Waals surface area contributed by atoms with Crippen molar-refractivity contribution in [2.75, 3.05) is 15.8 Å². The monoisotopic (exact) mass is 347 g/mol. The fourth-order valence-corrected chi connectivity index (χ4v) is 3.52. The van der Waals surface area contributed by atoms with Crippen LogP contribution in [0.2, 0.25) is 5.02 Å². The van der Waals surface area contributed by atoms with Gasteiger partial charge in [-0.15, -0.1) is 10.2 Å². The zero-order valence-electron chi connectivity index (χ0n) is 10.6. The van der Waals surface area contributed by atoms with E-state index in [0.717, 1.165) is 11.3 Å². The average molecular weight is 348 g/mol. The molecule has 4 N–H and O–H groups in total. The van der Waals surface area contributed by atoms with Crippen molar-refractivity contribution in [3.05, 3.63) is 23.2 Å². The van der Waals surface area contributed by atoms with Crippen LogP contribution in [0.4, 0.5) is 16.5 Å². The predicted molar refractivity (Wildman–Crippen MR) is 80.9 cm³/mol. The molecule has 112 valence electrons. The molecule has 0 atom stereocenters. The van der Waals surface area contributed by atoms with Crippen LogP contribution in [0.15, 0.2) is 22.5 Å². The Morgan fingerprint density at radius 2 is 2.10 bits per heavy atom. The van der Waals surface area contributed by atoms with Crippen LogP contribution in [-0.4, -0.2) is 24.5 Å². The Morgan fingerprint density at radius 1 is 1.38 bits per heavy atom. The van der Waals surface area contributed by atoms with Crippen molar-refractivity contribution in [3.8, 4) is 0 Å². The van der Waals surface area contributed by atoms with Gasteiger partial charge in [0.05, 0.1) is 11.4 Å². The number of nitrogens with zero attached hydrogens (tertiary/aromatic N) is 2. The van der Waals surface area contributed by atoms with Gasteiger partial charge in [0.2, 0.25) is 11.0 Å². The molecule has 0 aliphatic carbocycles. The van der Waals surface area contributed by atoms with Crippen molar-refractivity contribution in [2.24, 2.45) is 0 Å². The van der Waals surface area contributed by atoms with Crippen LogP contribution >= 0.6 is 22.9 Å². The van der Waals surface area contributed by atoms with Crippen LogP contribution < -0.4 is 15.8 Å². The summed E-state index contributed by atoms with van der Waals surface area (Å²) in [5.41, 5.74) is 6.03. The van der Waals surface area contributed by atoms with E-state index in [1.54, 1.807) is 0 Å². The highest BCUT2D eigenvalue weighted by atomic mass is 35.5. The maximum atomic E-state index is 12.1. The predicted octanol–water partition coefficient (Wildman–Crippen LogP) is 1.53. The van der Waals surface area contributed by atoms with Crippen LogP contribution in [0.25, 0.3) is 0 Å². The third-order valence-electron chi connectivity index (χ3n) is 2.18. The molecule has 21 heavy (non-hydrogen) atoms. The highest BCUT2D eigenvalue weighted by Gasteiger charge is 2.21. The van der Waals surface area contributed by atoms with Crippen molar-refractivity contribution in [1.82, 2.24) is 10.2 Å². The number of sulfonamides is 1. The number of amides is 1. The smallest absolute Gasteiger partial charge is 0.291 e. The molecule has 1 aromatic heterocycles. The zero-order valence-corrected chi connectivity index (χ0v) is 13.0. The van der Waals surface area contributed by atoms with E-state index < -0.39 is 10.0 Å². The maximum Gasteiger partial charge on any atom is 0.291 e.